The van der Waals surface area contributed by atoms with Crippen LogP contribution < -0.4 is 5.14 Å². The van der Waals surface area contributed by atoms with E-state index in [0.717, 1.165) is 0 Å². The number of aryl methyl sites for hydroxylation is 1. The van der Waals surface area contributed by atoms with E-state index >= 15 is 0 Å². The minimum atomic E-state index is -3.81. The minimum absolute atomic E-state index is 0.239. The van der Waals surface area contributed by atoms with Gasteiger partial charge in [-0.15, -0.1) is 0 Å². The largest absolute Gasteiger partial charge is 0.384 e. The number of rotatable bonds is 2. The van der Waals surface area contributed by atoms with Gasteiger partial charge in [0.1, 0.15) is 5.60 Å². The Labute approximate surface area is 82.4 Å². The molecule has 0 aromatic carbocycles. The van der Waals surface area contributed by atoms with Gasteiger partial charge in [0.25, 0.3) is 10.0 Å². The normalized spacial score (nSPS) is 13.2. The molecule has 1 heterocycles. The highest BCUT2D eigenvalue weighted by atomic mass is 32.2. The quantitative estimate of drug-likeness (QED) is 0.686. The van der Waals surface area contributed by atoms with Crippen molar-refractivity contribution in [2.75, 3.05) is 0 Å². The fraction of sp³-hybridized carbons (Fsp3) is 0.571. The van der Waals surface area contributed by atoms with Gasteiger partial charge in [0, 0.05) is 13.1 Å². The molecule has 14 heavy (non-hydrogen) atoms. The zero-order chi connectivity index (χ0) is 11.1. The molecule has 7 heteroatoms. The highest BCUT2D eigenvalue weighted by Gasteiger charge is 2.24. The van der Waals surface area contributed by atoms with E-state index in [1.165, 1.54) is 24.6 Å². The first-order valence-electron chi connectivity index (χ1n) is 3.92. The summed E-state index contributed by atoms with van der Waals surface area (Å²) in [6.07, 6.45) is 0. The van der Waals surface area contributed by atoms with Crippen molar-refractivity contribution in [1.82, 2.24) is 9.78 Å². The van der Waals surface area contributed by atoms with Gasteiger partial charge in [-0.05, 0) is 13.8 Å². The second-order valence-corrected chi connectivity index (χ2v) is 5.10. The van der Waals surface area contributed by atoms with Crippen LogP contribution in [0.5, 0.6) is 0 Å². The zero-order valence-corrected chi connectivity index (χ0v) is 9.04. The van der Waals surface area contributed by atoms with Crippen molar-refractivity contribution in [3.63, 3.8) is 0 Å². The van der Waals surface area contributed by atoms with Gasteiger partial charge in [-0.25, -0.2) is 13.6 Å². The maximum absolute atomic E-state index is 10.9. The van der Waals surface area contributed by atoms with Crippen LogP contribution in [0.3, 0.4) is 0 Å². The van der Waals surface area contributed by atoms with Gasteiger partial charge >= 0.3 is 0 Å². The summed E-state index contributed by atoms with van der Waals surface area (Å²) >= 11 is 0. The lowest BCUT2D eigenvalue weighted by Gasteiger charge is -2.16. The molecule has 6 nitrogen and oxygen atoms in total. The van der Waals surface area contributed by atoms with E-state index in [1.807, 2.05) is 0 Å². The number of nitrogens with zero attached hydrogens (tertiary/aromatic N) is 2. The van der Waals surface area contributed by atoms with Crippen molar-refractivity contribution in [3.05, 3.63) is 11.8 Å². The van der Waals surface area contributed by atoms with E-state index in [0.29, 0.717) is 5.69 Å². The predicted octanol–water partition coefficient (Wildman–Crippen LogP) is -0.705. The van der Waals surface area contributed by atoms with Crippen molar-refractivity contribution < 1.29 is 13.5 Å². The summed E-state index contributed by atoms with van der Waals surface area (Å²) < 4.78 is 23.2. The van der Waals surface area contributed by atoms with Gasteiger partial charge in [0.15, 0.2) is 5.03 Å². The van der Waals surface area contributed by atoms with Gasteiger partial charge in [0.2, 0.25) is 0 Å². The van der Waals surface area contributed by atoms with Crippen LogP contribution in [0.2, 0.25) is 0 Å². The molecule has 0 bridgehead atoms. The fourth-order valence-corrected chi connectivity index (χ4v) is 1.66. The average Bonchev–Trinajstić information content (AvgIpc) is 2.27. The number of aromatic nitrogens is 2. The van der Waals surface area contributed by atoms with Crippen LogP contribution in [0, 0.1) is 0 Å². The van der Waals surface area contributed by atoms with Gasteiger partial charge in [-0.3, -0.25) is 4.68 Å². The van der Waals surface area contributed by atoms with Gasteiger partial charge in [-0.2, -0.15) is 5.10 Å². The number of sulfonamides is 1. The van der Waals surface area contributed by atoms with E-state index in [9.17, 15) is 13.5 Å². The van der Waals surface area contributed by atoms with E-state index < -0.39 is 15.6 Å². The highest BCUT2D eigenvalue weighted by Crippen LogP contribution is 2.20. The molecule has 3 N–H and O–H groups in total. The predicted molar refractivity (Wildman–Crippen MR) is 49.8 cm³/mol. The highest BCUT2D eigenvalue weighted by molar-refractivity contribution is 7.89. The molecule has 0 aliphatic rings. The van der Waals surface area contributed by atoms with Crippen LogP contribution in [0.25, 0.3) is 0 Å². The maximum atomic E-state index is 10.9. The monoisotopic (exact) mass is 219 g/mol. The number of hydrogen-bond acceptors (Lipinski definition) is 4. The molecule has 0 unspecified atom stereocenters. The molecule has 0 fully saturated rings. The Morgan fingerprint density at radius 2 is 2.07 bits per heavy atom. The Kier molecular flexibility index (Phi) is 2.42. The second-order valence-electron chi connectivity index (χ2n) is 3.60. The molecular formula is C7H13N3O3S. The average molecular weight is 219 g/mol. The standard InChI is InChI=1S/C7H13N3O3S/c1-7(2,11)5-4-6(9-10(5)3)14(8,12)13/h4,11H,1-3H3,(H2,8,12,13). The van der Waals surface area contributed by atoms with E-state index in [1.54, 1.807) is 7.05 Å². The first-order valence-corrected chi connectivity index (χ1v) is 5.46. The summed E-state index contributed by atoms with van der Waals surface area (Å²) in [5.41, 5.74) is -0.758. The fourth-order valence-electron chi connectivity index (χ4n) is 1.15. The van der Waals surface area contributed by atoms with Crippen LogP contribution in [-0.4, -0.2) is 23.3 Å². The molecule has 0 radical (unpaired) electrons. The van der Waals surface area contributed by atoms with E-state index in [-0.39, 0.29) is 5.03 Å². The first kappa shape index (κ1) is 11.2. The van der Waals surface area contributed by atoms with Crippen molar-refractivity contribution in [3.8, 4) is 0 Å². The van der Waals surface area contributed by atoms with Crippen LogP contribution in [0.15, 0.2) is 11.1 Å². The maximum Gasteiger partial charge on any atom is 0.257 e. The summed E-state index contributed by atoms with van der Waals surface area (Å²) in [5.74, 6) is 0. The summed E-state index contributed by atoms with van der Waals surface area (Å²) in [6.45, 7) is 3.08. The third-order valence-corrected chi connectivity index (χ3v) is 2.56. The van der Waals surface area contributed by atoms with Crippen molar-refractivity contribution in [2.45, 2.75) is 24.5 Å². The van der Waals surface area contributed by atoms with E-state index in [4.69, 9.17) is 5.14 Å². The molecule has 0 saturated carbocycles. The van der Waals surface area contributed by atoms with Crippen LogP contribution in [-0.2, 0) is 22.7 Å². The Morgan fingerprint density at radius 1 is 1.57 bits per heavy atom. The third-order valence-electron chi connectivity index (χ3n) is 1.78. The molecule has 1 rings (SSSR count). The molecule has 0 atom stereocenters. The molecule has 0 spiro atoms. The molecule has 0 saturated heterocycles. The lowest BCUT2D eigenvalue weighted by Crippen LogP contribution is -2.19. The van der Waals surface area contributed by atoms with Gasteiger partial charge in [-0.1, -0.05) is 0 Å². The van der Waals surface area contributed by atoms with Gasteiger partial charge in [0.05, 0.1) is 5.69 Å². The molecule has 0 aliphatic heterocycles. The molecule has 80 valence electrons. The number of nitrogens with two attached hydrogens (primary N) is 1. The Hall–Kier alpha value is -0.920. The van der Waals surface area contributed by atoms with Crippen LogP contribution in [0.4, 0.5) is 0 Å². The second kappa shape index (κ2) is 3.04. The number of hydrogen-bond donors (Lipinski definition) is 2. The topological polar surface area (TPSA) is 98.2 Å². The smallest absolute Gasteiger partial charge is 0.257 e. The molecular weight excluding hydrogens is 206 g/mol. The SMILES string of the molecule is Cn1nc(S(N)(=O)=O)cc1C(C)(C)O. The first-order chi connectivity index (χ1) is 6.12. The summed E-state index contributed by atoms with van der Waals surface area (Å²) in [6, 6.07) is 1.26. The van der Waals surface area contributed by atoms with Crippen LogP contribution in [0.1, 0.15) is 19.5 Å². The van der Waals surface area contributed by atoms with Crippen molar-refractivity contribution >= 4 is 10.0 Å². The lowest BCUT2D eigenvalue weighted by atomic mass is 10.1. The number of aliphatic hydroxyl groups is 1. The molecule has 0 aliphatic carbocycles. The molecule has 1 aromatic rings. The molecule has 0 amide bonds. The van der Waals surface area contributed by atoms with Crippen molar-refractivity contribution in [1.29, 1.82) is 0 Å². The Balaban J connectivity index is 3.33. The van der Waals surface area contributed by atoms with E-state index in [2.05, 4.69) is 5.10 Å². The third kappa shape index (κ3) is 2.11. The summed E-state index contributed by atoms with van der Waals surface area (Å²) in [5, 5.41) is 18.0. The molecule has 1 aromatic heterocycles. The summed E-state index contributed by atoms with van der Waals surface area (Å²) in [7, 11) is -2.26. The van der Waals surface area contributed by atoms with Gasteiger partial charge < -0.3 is 5.11 Å². The minimum Gasteiger partial charge on any atom is -0.384 e. The number of primary sulfonamides is 1. The zero-order valence-electron chi connectivity index (χ0n) is 8.22. The Morgan fingerprint density at radius 3 is 2.29 bits per heavy atom. The lowest BCUT2D eigenvalue weighted by molar-refractivity contribution is 0.0696. The van der Waals surface area contributed by atoms with Crippen LogP contribution >= 0.6 is 0 Å². The Bertz CT molecular complexity index is 441. The summed E-state index contributed by atoms with van der Waals surface area (Å²) in [4.78, 5) is 0. The van der Waals surface area contributed by atoms with Crippen molar-refractivity contribution in [2.24, 2.45) is 12.2 Å².